The first kappa shape index (κ1) is 13.3. The molecule has 1 aliphatic heterocycles. The quantitative estimate of drug-likeness (QED) is 0.852. The fraction of sp³-hybridized carbons (Fsp3) is 0.500. The van der Waals surface area contributed by atoms with Crippen molar-refractivity contribution in [2.75, 3.05) is 18.1 Å². The lowest BCUT2D eigenvalue weighted by atomic mass is 10.1. The molecule has 18 heavy (non-hydrogen) atoms. The van der Waals surface area contributed by atoms with Gasteiger partial charge in [0.1, 0.15) is 10.7 Å². The third-order valence-corrected chi connectivity index (χ3v) is 4.78. The molecule has 1 fully saturated rings. The monoisotopic (exact) mass is 273 g/mol. The van der Waals surface area contributed by atoms with Crippen molar-refractivity contribution in [2.24, 2.45) is 0 Å². The van der Waals surface area contributed by atoms with Crippen LogP contribution < -0.4 is 5.73 Å². The molecule has 1 aliphatic rings. The standard InChI is InChI=1S/C12H16FNO3S/c13-11-7-9(14)4-5-12(11)18(15,16)8-10-3-1-2-6-17-10/h4-5,7,10H,1-3,6,8,14H2. The molecule has 2 rings (SSSR count). The Kier molecular flexibility index (Phi) is 3.87. The van der Waals surface area contributed by atoms with E-state index in [4.69, 9.17) is 10.5 Å². The van der Waals surface area contributed by atoms with Gasteiger partial charge in [-0.05, 0) is 37.5 Å². The molecule has 1 heterocycles. The molecule has 1 atom stereocenters. The molecule has 1 aromatic carbocycles. The minimum absolute atomic E-state index is 0.173. The Morgan fingerprint density at radius 1 is 1.39 bits per heavy atom. The second kappa shape index (κ2) is 5.24. The molecule has 1 aromatic rings. The zero-order valence-corrected chi connectivity index (χ0v) is 10.7. The largest absolute Gasteiger partial charge is 0.399 e. The Morgan fingerprint density at radius 3 is 2.78 bits per heavy atom. The van der Waals surface area contributed by atoms with E-state index in [9.17, 15) is 12.8 Å². The van der Waals surface area contributed by atoms with Crippen molar-refractivity contribution >= 4 is 15.5 Å². The van der Waals surface area contributed by atoms with E-state index in [1.807, 2.05) is 0 Å². The van der Waals surface area contributed by atoms with Crippen LogP contribution in [0.25, 0.3) is 0 Å². The second-order valence-electron chi connectivity index (χ2n) is 4.46. The van der Waals surface area contributed by atoms with Gasteiger partial charge < -0.3 is 10.5 Å². The van der Waals surface area contributed by atoms with Crippen molar-refractivity contribution in [2.45, 2.75) is 30.3 Å². The van der Waals surface area contributed by atoms with E-state index < -0.39 is 15.7 Å². The summed E-state index contributed by atoms with van der Waals surface area (Å²) in [5.74, 6) is -0.973. The average Bonchev–Trinajstić information content (AvgIpc) is 2.29. The Morgan fingerprint density at radius 2 is 2.17 bits per heavy atom. The summed E-state index contributed by atoms with van der Waals surface area (Å²) in [7, 11) is -3.66. The third-order valence-electron chi connectivity index (χ3n) is 2.97. The van der Waals surface area contributed by atoms with Crippen LogP contribution in [0.3, 0.4) is 0 Å². The third kappa shape index (κ3) is 3.00. The fourth-order valence-corrected chi connectivity index (χ4v) is 3.61. The van der Waals surface area contributed by atoms with Gasteiger partial charge in [0.15, 0.2) is 9.84 Å². The number of ether oxygens (including phenoxy) is 1. The first-order valence-corrected chi connectivity index (χ1v) is 7.53. The number of hydrogen-bond acceptors (Lipinski definition) is 4. The zero-order chi connectivity index (χ0) is 13.2. The molecule has 0 aliphatic carbocycles. The van der Waals surface area contributed by atoms with E-state index in [0.717, 1.165) is 18.9 Å². The summed E-state index contributed by atoms with van der Waals surface area (Å²) in [5.41, 5.74) is 5.60. The van der Waals surface area contributed by atoms with Gasteiger partial charge in [-0.25, -0.2) is 12.8 Å². The van der Waals surface area contributed by atoms with Crippen LogP contribution in [0.2, 0.25) is 0 Å². The Bertz CT molecular complexity index is 524. The van der Waals surface area contributed by atoms with Crippen LogP contribution in [-0.4, -0.2) is 26.9 Å². The molecule has 1 unspecified atom stereocenters. The minimum atomic E-state index is -3.66. The maximum absolute atomic E-state index is 13.6. The van der Waals surface area contributed by atoms with E-state index >= 15 is 0 Å². The molecule has 0 bridgehead atoms. The van der Waals surface area contributed by atoms with Gasteiger partial charge in [0.25, 0.3) is 0 Å². The number of halogens is 1. The predicted octanol–water partition coefficient (Wildman–Crippen LogP) is 1.75. The lowest BCUT2D eigenvalue weighted by Crippen LogP contribution is -2.28. The molecule has 1 saturated heterocycles. The van der Waals surface area contributed by atoms with E-state index in [0.29, 0.717) is 13.0 Å². The number of sulfone groups is 1. The zero-order valence-electron chi connectivity index (χ0n) is 9.93. The molecule has 0 radical (unpaired) electrons. The first-order chi connectivity index (χ1) is 8.49. The van der Waals surface area contributed by atoms with Crippen LogP contribution in [0.15, 0.2) is 23.1 Å². The van der Waals surface area contributed by atoms with Gasteiger partial charge in [-0.15, -0.1) is 0 Å². The summed E-state index contributed by atoms with van der Waals surface area (Å²) >= 11 is 0. The van der Waals surface area contributed by atoms with Gasteiger partial charge in [-0.1, -0.05) is 0 Å². The number of nitrogens with two attached hydrogens (primary N) is 1. The topological polar surface area (TPSA) is 69.4 Å². The lowest BCUT2D eigenvalue weighted by molar-refractivity contribution is 0.0305. The highest BCUT2D eigenvalue weighted by molar-refractivity contribution is 7.91. The highest BCUT2D eigenvalue weighted by Crippen LogP contribution is 2.22. The van der Waals surface area contributed by atoms with Crippen LogP contribution in [0.4, 0.5) is 10.1 Å². The van der Waals surface area contributed by atoms with Gasteiger partial charge in [0.05, 0.1) is 11.9 Å². The maximum atomic E-state index is 13.6. The molecule has 0 saturated carbocycles. The van der Waals surface area contributed by atoms with E-state index in [1.165, 1.54) is 12.1 Å². The van der Waals surface area contributed by atoms with Gasteiger partial charge in [-0.3, -0.25) is 0 Å². The smallest absolute Gasteiger partial charge is 0.183 e. The summed E-state index contributed by atoms with van der Waals surface area (Å²) < 4.78 is 43.1. The van der Waals surface area contributed by atoms with Crippen molar-refractivity contribution in [3.05, 3.63) is 24.0 Å². The Labute approximate surface area is 106 Å². The molecule has 100 valence electrons. The molecule has 2 N–H and O–H groups in total. The van der Waals surface area contributed by atoms with Crippen molar-refractivity contribution in [1.29, 1.82) is 0 Å². The molecular weight excluding hydrogens is 257 g/mol. The molecule has 0 spiro atoms. The number of nitrogen functional groups attached to an aromatic ring is 1. The van der Waals surface area contributed by atoms with E-state index in [-0.39, 0.29) is 22.4 Å². The van der Waals surface area contributed by atoms with Crippen LogP contribution in [-0.2, 0) is 14.6 Å². The van der Waals surface area contributed by atoms with Crippen molar-refractivity contribution in [1.82, 2.24) is 0 Å². The van der Waals surface area contributed by atoms with E-state index in [2.05, 4.69) is 0 Å². The lowest BCUT2D eigenvalue weighted by Gasteiger charge is -2.22. The number of anilines is 1. The summed E-state index contributed by atoms with van der Waals surface area (Å²) in [5, 5.41) is 0. The van der Waals surface area contributed by atoms with Crippen LogP contribution in [0, 0.1) is 5.82 Å². The van der Waals surface area contributed by atoms with Gasteiger partial charge in [0, 0.05) is 12.3 Å². The molecule has 0 amide bonds. The number of hydrogen-bond donors (Lipinski definition) is 1. The summed E-state index contributed by atoms with van der Waals surface area (Å²) in [6.07, 6.45) is 2.27. The maximum Gasteiger partial charge on any atom is 0.183 e. The van der Waals surface area contributed by atoms with Crippen molar-refractivity contribution in [3.8, 4) is 0 Å². The first-order valence-electron chi connectivity index (χ1n) is 5.88. The Balaban J connectivity index is 2.19. The molecule has 0 aromatic heterocycles. The van der Waals surface area contributed by atoms with Gasteiger partial charge in [0.2, 0.25) is 0 Å². The van der Waals surface area contributed by atoms with E-state index in [1.54, 1.807) is 0 Å². The second-order valence-corrected chi connectivity index (χ2v) is 6.46. The summed E-state index contributed by atoms with van der Waals surface area (Å²) in [6, 6.07) is 3.62. The Hall–Kier alpha value is -1.14. The van der Waals surface area contributed by atoms with Crippen LogP contribution in [0.1, 0.15) is 19.3 Å². The number of benzene rings is 1. The normalized spacial score (nSPS) is 20.8. The fourth-order valence-electron chi connectivity index (χ4n) is 2.04. The van der Waals surface area contributed by atoms with Crippen molar-refractivity contribution < 1.29 is 17.5 Å². The predicted molar refractivity (Wildman–Crippen MR) is 66.5 cm³/mol. The molecule has 4 nitrogen and oxygen atoms in total. The van der Waals surface area contributed by atoms with Crippen LogP contribution >= 0.6 is 0 Å². The van der Waals surface area contributed by atoms with Crippen LogP contribution in [0.5, 0.6) is 0 Å². The number of rotatable bonds is 3. The molecular formula is C12H16FNO3S. The minimum Gasteiger partial charge on any atom is -0.399 e. The highest BCUT2D eigenvalue weighted by atomic mass is 32.2. The van der Waals surface area contributed by atoms with Crippen molar-refractivity contribution in [3.63, 3.8) is 0 Å². The summed E-state index contributed by atoms with van der Waals surface area (Å²) in [4.78, 5) is -0.300. The summed E-state index contributed by atoms with van der Waals surface area (Å²) in [6.45, 7) is 0.574. The molecule has 6 heteroatoms. The van der Waals surface area contributed by atoms with Gasteiger partial charge >= 0.3 is 0 Å². The SMILES string of the molecule is Nc1ccc(S(=O)(=O)CC2CCCCO2)c(F)c1. The van der Waals surface area contributed by atoms with Gasteiger partial charge in [-0.2, -0.15) is 0 Å². The average molecular weight is 273 g/mol. The highest BCUT2D eigenvalue weighted by Gasteiger charge is 2.26.